The summed E-state index contributed by atoms with van der Waals surface area (Å²) in [6.45, 7) is 0. The first kappa shape index (κ1) is 11.0. The molecular weight excluding hydrogens is 314 g/mol. The summed E-state index contributed by atoms with van der Waals surface area (Å²) in [4.78, 5) is 0. The Kier molecular flexibility index (Phi) is 2.98. The molecule has 0 radical (unpaired) electrons. The summed E-state index contributed by atoms with van der Waals surface area (Å²) in [7, 11) is -3.40. The van der Waals surface area contributed by atoms with Gasteiger partial charge >= 0.3 is 0 Å². The van der Waals surface area contributed by atoms with E-state index in [2.05, 4.69) is 0 Å². The van der Waals surface area contributed by atoms with E-state index in [-0.39, 0.29) is 5.92 Å². The van der Waals surface area contributed by atoms with Crippen LogP contribution in [0.15, 0.2) is 0 Å². The van der Waals surface area contributed by atoms with Gasteiger partial charge in [0.05, 0.1) is 6.10 Å². The highest BCUT2D eigenvalue weighted by molar-refractivity contribution is 14.1. The summed E-state index contributed by atoms with van der Waals surface area (Å²) in [5.41, 5.74) is 0. The number of hydrogen-bond acceptors (Lipinski definition) is 3. The monoisotopic (exact) mass is 324 g/mol. The van der Waals surface area contributed by atoms with Crippen molar-refractivity contribution in [3.63, 3.8) is 0 Å². The van der Waals surface area contributed by atoms with Crippen LogP contribution in [0.3, 0.4) is 0 Å². The van der Waals surface area contributed by atoms with Gasteiger partial charge in [0.1, 0.15) is 0 Å². The molecule has 0 aliphatic heterocycles. The van der Waals surface area contributed by atoms with Crippen LogP contribution in [0.4, 0.5) is 0 Å². The summed E-state index contributed by atoms with van der Waals surface area (Å²) < 4.78 is 20.7. The van der Waals surface area contributed by atoms with Crippen LogP contribution < -0.4 is 0 Å². The fourth-order valence-corrected chi connectivity index (χ4v) is 2.22. The van der Waals surface area contributed by atoms with E-state index in [0.717, 1.165) is 19.1 Å². The largest absolute Gasteiger partial charge is 0.389 e. The van der Waals surface area contributed by atoms with E-state index in [9.17, 15) is 13.5 Å². The molecule has 0 unspecified atom stereocenters. The molecule has 0 amide bonds. The molecule has 0 heterocycles. The molecule has 0 aromatic rings. The lowest BCUT2D eigenvalue weighted by Gasteiger charge is -2.23. The molecule has 12 heavy (non-hydrogen) atoms. The number of aliphatic hydroxyl groups excluding tert-OH is 1. The molecule has 1 aliphatic rings. The SMILES string of the molecule is CS(=O)(=O)[C@](Cl)(I)[C@@H](O)C1CC1. The maximum absolute atomic E-state index is 11.1. The summed E-state index contributed by atoms with van der Waals surface area (Å²) in [6, 6.07) is 0. The van der Waals surface area contributed by atoms with Crippen LogP contribution in [0.2, 0.25) is 0 Å². The molecule has 0 aromatic heterocycles. The van der Waals surface area contributed by atoms with Crippen molar-refractivity contribution in [2.45, 2.75) is 21.2 Å². The van der Waals surface area contributed by atoms with Crippen LogP contribution in [0.1, 0.15) is 12.8 Å². The van der Waals surface area contributed by atoms with E-state index in [1.807, 2.05) is 0 Å². The molecule has 1 rings (SSSR count). The molecule has 72 valence electrons. The Hall–Kier alpha value is 0.930. The first-order valence-electron chi connectivity index (χ1n) is 3.52. The van der Waals surface area contributed by atoms with E-state index in [1.165, 1.54) is 0 Å². The van der Waals surface area contributed by atoms with Crippen molar-refractivity contribution in [2.75, 3.05) is 6.26 Å². The molecular formula is C6H10ClIO3S. The molecule has 0 spiro atoms. The number of hydrogen-bond donors (Lipinski definition) is 1. The van der Waals surface area contributed by atoms with Gasteiger partial charge in [-0.3, -0.25) is 0 Å². The van der Waals surface area contributed by atoms with Gasteiger partial charge in [0, 0.05) is 6.26 Å². The summed E-state index contributed by atoms with van der Waals surface area (Å²) in [5.74, 6) is 0.0640. The molecule has 6 heteroatoms. The Labute approximate surface area is 90.5 Å². The zero-order valence-corrected chi connectivity index (χ0v) is 10.2. The standard InChI is InChI=1S/C6H10ClIO3S/c1-12(10,11)6(7,8)5(9)4-2-3-4/h4-5,9H,2-3H2,1H3/t5-,6+/m0/s1. The van der Waals surface area contributed by atoms with E-state index in [0.29, 0.717) is 0 Å². The second-order valence-electron chi connectivity index (χ2n) is 3.12. The molecule has 0 saturated heterocycles. The predicted octanol–water partition coefficient (Wildman–Crippen LogP) is 1.13. The van der Waals surface area contributed by atoms with Gasteiger partial charge < -0.3 is 5.11 Å². The van der Waals surface area contributed by atoms with Crippen molar-refractivity contribution in [2.24, 2.45) is 5.92 Å². The quantitative estimate of drug-likeness (QED) is 0.625. The topological polar surface area (TPSA) is 54.4 Å². The van der Waals surface area contributed by atoms with Crippen LogP contribution >= 0.6 is 34.2 Å². The van der Waals surface area contributed by atoms with Crippen LogP contribution in [0, 0.1) is 5.92 Å². The number of halogens is 2. The van der Waals surface area contributed by atoms with Crippen molar-refractivity contribution >= 4 is 44.0 Å². The first-order chi connectivity index (χ1) is 5.27. The van der Waals surface area contributed by atoms with Gasteiger partial charge in [0.2, 0.25) is 2.21 Å². The van der Waals surface area contributed by atoms with Gasteiger partial charge in [-0.1, -0.05) is 11.6 Å². The summed E-state index contributed by atoms with van der Waals surface area (Å²) in [6.07, 6.45) is 1.83. The van der Waals surface area contributed by atoms with Crippen molar-refractivity contribution < 1.29 is 13.5 Å². The van der Waals surface area contributed by atoms with Crippen molar-refractivity contribution in [3.8, 4) is 0 Å². The summed E-state index contributed by atoms with van der Waals surface area (Å²) >= 11 is 7.34. The highest BCUT2D eigenvalue weighted by Gasteiger charge is 2.49. The Balaban J connectivity index is 2.83. The maximum Gasteiger partial charge on any atom is 0.221 e. The van der Waals surface area contributed by atoms with Crippen LogP contribution in [0.5, 0.6) is 0 Å². The van der Waals surface area contributed by atoms with Crippen molar-refractivity contribution in [1.82, 2.24) is 0 Å². The zero-order chi connectivity index (χ0) is 9.57. The zero-order valence-electron chi connectivity index (χ0n) is 6.50. The second-order valence-corrected chi connectivity index (χ2v) is 9.20. The molecule has 1 aliphatic carbocycles. The van der Waals surface area contributed by atoms with E-state index < -0.39 is 18.2 Å². The van der Waals surface area contributed by atoms with Crippen LogP contribution in [0.25, 0.3) is 0 Å². The minimum Gasteiger partial charge on any atom is -0.389 e. The smallest absolute Gasteiger partial charge is 0.221 e. The highest BCUT2D eigenvalue weighted by atomic mass is 127. The van der Waals surface area contributed by atoms with Crippen molar-refractivity contribution in [1.29, 1.82) is 0 Å². The van der Waals surface area contributed by atoms with E-state index in [4.69, 9.17) is 11.6 Å². The molecule has 1 saturated carbocycles. The van der Waals surface area contributed by atoms with E-state index >= 15 is 0 Å². The van der Waals surface area contributed by atoms with Crippen molar-refractivity contribution in [3.05, 3.63) is 0 Å². The molecule has 0 aromatic carbocycles. The van der Waals surface area contributed by atoms with Crippen LogP contribution in [-0.2, 0) is 9.84 Å². The maximum atomic E-state index is 11.1. The average molecular weight is 325 g/mol. The van der Waals surface area contributed by atoms with E-state index in [1.54, 1.807) is 22.6 Å². The Morgan fingerprint density at radius 3 is 2.33 bits per heavy atom. The summed E-state index contributed by atoms with van der Waals surface area (Å²) in [5, 5.41) is 9.53. The van der Waals surface area contributed by atoms with Gasteiger partial charge in [-0.15, -0.1) is 0 Å². The lowest BCUT2D eigenvalue weighted by molar-refractivity contribution is 0.160. The number of alkyl halides is 2. The van der Waals surface area contributed by atoms with Gasteiger partial charge in [-0.05, 0) is 41.4 Å². The molecule has 0 bridgehead atoms. The number of aliphatic hydroxyl groups is 1. The third kappa shape index (κ3) is 2.05. The van der Waals surface area contributed by atoms with Gasteiger partial charge in [0.25, 0.3) is 0 Å². The highest BCUT2D eigenvalue weighted by Crippen LogP contribution is 2.45. The Bertz CT molecular complexity index is 271. The lowest BCUT2D eigenvalue weighted by atomic mass is 10.3. The van der Waals surface area contributed by atoms with Gasteiger partial charge in [-0.2, -0.15) is 0 Å². The minimum atomic E-state index is -3.40. The number of rotatable bonds is 3. The third-order valence-corrected chi connectivity index (χ3v) is 7.24. The molecule has 1 N–H and O–H groups in total. The van der Waals surface area contributed by atoms with Gasteiger partial charge in [-0.25, -0.2) is 8.42 Å². The Morgan fingerprint density at radius 2 is 2.08 bits per heavy atom. The average Bonchev–Trinajstić information content (AvgIpc) is 2.64. The van der Waals surface area contributed by atoms with Gasteiger partial charge in [0.15, 0.2) is 9.84 Å². The fraction of sp³-hybridized carbons (Fsp3) is 1.00. The fourth-order valence-electron chi connectivity index (χ4n) is 0.906. The molecule has 2 atom stereocenters. The van der Waals surface area contributed by atoms with Crippen LogP contribution in [-0.4, -0.2) is 28.1 Å². The predicted molar refractivity (Wildman–Crippen MR) is 56.2 cm³/mol. The first-order valence-corrected chi connectivity index (χ1v) is 6.87. The Morgan fingerprint density at radius 1 is 1.67 bits per heavy atom. The second kappa shape index (κ2) is 3.25. The minimum absolute atomic E-state index is 0.0640. The lowest BCUT2D eigenvalue weighted by Crippen LogP contribution is -2.39. The third-order valence-electron chi connectivity index (χ3n) is 1.91. The number of sulfone groups is 1. The normalized spacial score (nSPS) is 26.3. The molecule has 3 nitrogen and oxygen atoms in total. The molecule has 1 fully saturated rings.